The Morgan fingerprint density at radius 1 is 1.47 bits per heavy atom. The normalized spacial score (nSPS) is 10.3. The van der Waals surface area contributed by atoms with Gasteiger partial charge in [-0.1, -0.05) is 15.9 Å². The molecule has 0 aliphatic rings. The standard InChI is InChI=1S/C14H21BrN2O2/c1-3-17-13(18)5-7-19-14-10(2)8-12(15)9-11(14)4-6-16/h8-9H,3-7,16H2,1-2H3,(H,17,18). The van der Waals surface area contributed by atoms with Gasteiger partial charge in [-0.2, -0.15) is 0 Å². The Hall–Kier alpha value is -1.07. The molecule has 1 amide bonds. The van der Waals surface area contributed by atoms with Crippen LogP contribution in [0.5, 0.6) is 5.75 Å². The van der Waals surface area contributed by atoms with E-state index in [4.69, 9.17) is 10.5 Å². The van der Waals surface area contributed by atoms with Crippen molar-refractivity contribution in [1.29, 1.82) is 0 Å². The summed E-state index contributed by atoms with van der Waals surface area (Å²) in [6.07, 6.45) is 1.13. The van der Waals surface area contributed by atoms with Crippen LogP contribution in [0, 0.1) is 6.92 Å². The Balaban J connectivity index is 2.68. The first kappa shape index (κ1) is 16.0. The second-order valence-corrected chi connectivity index (χ2v) is 5.22. The van der Waals surface area contributed by atoms with E-state index >= 15 is 0 Å². The van der Waals surface area contributed by atoms with Crippen LogP contribution in [-0.4, -0.2) is 25.6 Å². The molecule has 3 N–H and O–H groups in total. The van der Waals surface area contributed by atoms with E-state index in [1.807, 2.05) is 26.0 Å². The van der Waals surface area contributed by atoms with Gasteiger partial charge in [0.1, 0.15) is 5.75 Å². The van der Waals surface area contributed by atoms with Crippen LogP contribution in [0.25, 0.3) is 0 Å². The summed E-state index contributed by atoms with van der Waals surface area (Å²) in [4.78, 5) is 11.4. The minimum atomic E-state index is 0.0117. The average molecular weight is 329 g/mol. The number of hydrogen-bond acceptors (Lipinski definition) is 3. The molecule has 106 valence electrons. The molecule has 0 atom stereocenters. The zero-order valence-electron chi connectivity index (χ0n) is 11.5. The maximum atomic E-state index is 11.4. The van der Waals surface area contributed by atoms with Crippen molar-refractivity contribution < 1.29 is 9.53 Å². The number of amides is 1. The van der Waals surface area contributed by atoms with Crippen molar-refractivity contribution in [2.24, 2.45) is 5.73 Å². The molecule has 0 aliphatic heterocycles. The van der Waals surface area contributed by atoms with E-state index in [1.165, 1.54) is 0 Å². The third kappa shape index (κ3) is 5.20. The van der Waals surface area contributed by atoms with E-state index in [0.717, 1.165) is 27.8 Å². The lowest BCUT2D eigenvalue weighted by atomic mass is 10.1. The maximum absolute atomic E-state index is 11.4. The zero-order valence-corrected chi connectivity index (χ0v) is 13.0. The lowest BCUT2D eigenvalue weighted by Crippen LogP contribution is -2.24. The van der Waals surface area contributed by atoms with E-state index in [0.29, 0.717) is 26.1 Å². The topological polar surface area (TPSA) is 64.3 Å². The molecule has 4 nitrogen and oxygen atoms in total. The van der Waals surface area contributed by atoms with Crippen molar-refractivity contribution in [2.45, 2.75) is 26.7 Å². The Bertz CT molecular complexity index is 436. The van der Waals surface area contributed by atoms with Crippen molar-refractivity contribution in [3.05, 3.63) is 27.7 Å². The number of rotatable bonds is 7. The Labute approximate surface area is 122 Å². The molecule has 0 unspecified atom stereocenters. The molecule has 0 saturated carbocycles. The van der Waals surface area contributed by atoms with Crippen LogP contribution in [0.2, 0.25) is 0 Å². The highest BCUT2D eigenvalue weighted by atomic mass is 79.9. The molecule has 0 heterocycles. The quantitative estimate of drug-likeness (QED) is 0.806. The number of nitrogens with two attached hydrogens (primary N) is 1. The van der Waals surface area contributed by atoms with Crippen molar-refractivity contribution in [3.63, 3.8) is 0 Å². The summed E-state index contributed by atoms with van der Waals surface area (Å²) in [6.45, 7) is 5.49. The molecule has 0 fully saturated rings. The van der Waals surface area contributed by atoms with Crippen LogP contribution in [0.3, 0.4) is 0 Å². The number of benzene rings is 1. The molecule has 0 saturated heterocycles. The van der Waals surface area contributed by atoms with Gasteiger partial charge in [-0.15, -0.1) is 0 Å². The highest BCUT2D eigenvalue weighted by molar-refractivity contribution is 9.10. The van der Waals surface area contributed by atoms with Crippen LogP contribution in [0.4, 0.5) is 0 Å². The third-order valence-electron chi connectivity index (χ3n) is 2.68. The molecule has 0 bridgehead atoms. The van der Waals surface area contributed by atoms with Gasteiger partial charge in [-0.3, -0.25) is 4.79 Å². The number of ether oxygens (including phenoxy) is 1. The van der Waals surface area contributed by atoms with Crippen LogP contribution in [0.15, 0.2) is 16.6 Å². The van der Waals surface area contributed by atoms with Crippen LogP contribution < -0.4 is 15.8 Å². The van der Waals surface area contributed by atoms with Crippen LogP contribution in [-0.2, 0) is 11.2 Å². The number of halogens is 1. The molecular weight excluding hydrogens is 308 g/mol. The van der Waals surface area contributed by atoms with Gasteiger partial charge in [-0.05, 0) is 50.1 Å². The lowest BCUT2D eigenvalue weighted by molar-refractivity contribution is -0.121. The first-order valence-corrected chi connectivity index (χ1v) is 7.26. The second-order valence-electron chi connectivity index (χ2n) is 4.30. The predicted molar refractivity (Wildman–Crippen MR) is 80.4 cm³/mol. The molecule has 1 aromatic rings. The molecular formula is C14H21BrN2O2. The number of aryl methyl sites for hydroxylation is 1. The molecule has 1 aromatic carbocycles. The Morgan fingerprint density at radius 2 is 2.21 bits per heavy atom. The van der Waals surface area contributed by atoms with E-state index in [1.54, 1.807) is 0 Å². The molecule has 5 heteroatoms. The summed E-state index contributed by atoms with van der Waals surface area (Å²) in [5.41, 5.74) is 7.74. The van der Waals surface area contributed by atoms with Gasteiger partial charge in [0.15, 0.2) is 0 Å². The largest absolute Gasteiger partial charge is 0.492 e. The highest BCUT2D eigenvalue weighted by Gasteiger charge is 2.09. The van der Waals surface area contributed by atoms with Crippen LogP contribution >= 0.6 is 15.9 Å². The maximum Gasteiger partial charge on any atom is 0.223 e. The predicted octanol–water partition coefficient (Wildman–Crippen LogP) is 2.16. The van der Waals surface area contributed by atoms with Gasteiger partial charge in [0.05, 0.1) is 13.0 Å². The minimum Gasteiger partial charge on any atom is -0.492 e. The van der Waals surface area contributed by atoms with Gasteiger partial charge < -0.3 is 15.8 Å². The summed E-state index contributed by atoms with van der Waals surface area (Å²) >= 11 is 3.47. The first-order chi connectivity index (χ1) is 9.08. The van der Waals surface area contributed by atoms with Gasteiger partial charge in [-0.25, -0.2) is 0 Å². The van der Waals surface area contributed by atoms with Crippen molar-refractivity contribution in [1.82, 2.24) is 5.32 Å². The fourth-order valence-electron chi connectivity index (χ4n) is 1.88. The SMILES string of the molecule is CCNC(=O)CCOc1c(C)cc(Br)cc1CCN. The fourth-order valence-corrected chi connectivity index (χ4v) is 2.50. The number of carbonyl (C=O) groups is 1. The van der Waals surface area contributed by atoms with Gasteiger partial charge >= 0.3 is 0 Å². The van der Waals surface area contributed by atoms with Gasteiger partial charge in [0.25, 0.3) is 0 Å². The molecule has 0 aliphatic carbocycles. The second kappa shape index (κ2) is 8.17. The molecule has 19 heavy (non-hydrogen) atoms. The smallest absolute Gasteiger partial charge is 0.223 e. The van der Waals surface area contributed by atoms with Crippen molar-refractivity contribution in [2.75, 3.05) is 19.7 Å². The monoisotopic (exact) mass is 328 g/mol. The number of hydrogen-bond donors (Lipinski definition) is 2. The van der Waals surface area contributed by atoms with E-state index in [9.17, 15) is 4.79 Å². The molecule has 1 rings (SSSR count). The molecule has 0 aromatic heterocycles. The summed E-state index contributed by atoms with van der Waals surface area (Å²) < 4.78 is 6.77. The summed E-state index contributed by atoms with van der Waals surface area (Å²) in [6, 6.07) is 4.02. The average Bonchev–Trinajstić information content (AvgIpc) is 2.33. The Kier molecular flexibility index (Phi) is 6.87. The summed E-state index contributed by atoms with van der Waals surface area (Å²) in [5.74, 6) is 0.857. The lowest BCUT2D eigenvalue weighted by Gasteiger charge is -2.14. The zero-order chi connectivity index (χ0) is 14.3. The highest BCUT2D eigenvalue weighted by Crippen LogP contribution is 2.28. The van der Waals surface area contributed by atoms with Gasteiger partial charge in [0.2, 0.25) is 5.91 Å². The van der Waals surface area contributed by atoms with Crippen LogP contribution in [0.1, 0.15) is 24.5 Å². The Morgan fingerprint density at radius 3 is 2.84 bits per heavy atom. The van der Waals surface area contributed by atoms with E-state index in [2.05, 4.69) is 21.2 Å². The fraction of sp³-hybridized carbons (Fsp3) is 0.500. The first-order valence-electron chi connectivity index (χ1n) is 6.47. The number of nitrogens with one attached hydrogen (secondary N) is 1. The molecule has 0 radical (unpaired) electrons. The summed E-state index contributed by atoms with van der Waals surface area (Å²) in [7, 11) is 0. The van der Waals surface area contributed by atoms with E-state index < -0.39 is 0 Å². The van der Waals surface area contributed by atoms with Crippen molar-refractivity contribution in [3.8, 4) is 5.75 Å². The molecule has 0 spiro atoms. The van der Waals surface area contributed by atoms with E-state index in [-0.39, 0.29) is 5.91 Å². The number of carbonyl (C=O) groups excluding carboxylic acids is 1. The van der Waals surface area contributed by atoms with Crippen molar-refractivity contribution >= 4 is 21.8 Å². The third-order valence-corrected chi connectivity index (χ3v) is 3.14. The minimum absolute atomic E-state index is 0.0117. The van der Waals surface area contributed by atoms with Gasteiger partial charge in [0, 0.05) is 11.0 Å². The summed E-state index contributed by atoms with van der Waals surface area (Å²) in [5, 5.41) is 2.75.